The lowest BCUT2D eigenvalue weighted by atomic mass is 9.93. The highest BCUT2D eigenvalue weighted by Gasteiger charge is 2.28. The van der Waals surface area contributed by atoms with Crippen molar-refractivity contribution in [2.75, 3.05) is 13.1 Å². The fourth-order valence-electron chi connectivity index (χ4n) is 3.39. The van der Waals surface area contributed by atoms with Gasteiger partial charge in [0.15, 0.2) is 0 Å². The minimum absolute atomic E-state index is 0.0544. The fourth-order valence-corrected chi connectivity index (χ4v) is 4.42. The van der Waals surface area contributed by atoms with E-state index in [1.165, 1.54) is 12.1 Å². The number of nitro benzene ring substituents is 1. The van der Waals surface area contributed by atoms with Crippen molar-refractivity contribution in [2.45, 2.75) is 30.7 Å². The van der Waals surface area contributed by atoms with Crippen molar-refractivity contribution < 1.29 is 22.5 Å². The highest BCUT2D eigenvalue weighted by molar-refractivity contribution is 7.89. The molecule has 1 amide bonds. The van der Waals surface area contributed by atoms with Crippen LogP contribution in [-0.2, 0) is 21.2 Å². The average molecular weight is 421 g/mol. The number of sulfonamides is 1. The van der Waals surface area contributed by atoms with Crippen molar-refractivity contribution in [3.63, 3.8) is 0 Å². The molecule has 0 spiro atoms. The summed E-state index contributed by atoms with van der Waals surface area (Å²) in [7, 11) is -3.89. The van der Waals surface area contributed by atoms with E-state index in [4.69, 9.17) is 0 Å². The van der Waals surface area contributed by atoms with Crippen LogP contribution in [0.5, 0.6) is 0 Å². The molecule has 0 aliphatic carbocycles. The minimum atomic E-state index is -3.89. The Balaban J connectivity index is 1.60. The smallest absolute Gasteiger partial charge is 0.269 e. The third-order valence-corrected chi connectivity index (χ3v) is 6.43. The van der Waals surface area contributed by atoms with Gasteiger partial charge in [-0.25, -0.2) is 17.5 Å². The normalized spacial score (nSPS) is 16.3. The molecular weight excluding hydrogens is 401 g/mol. The van der Waals surface area contributed by atoms with Gasteiger partial charge in [0.1, 0.15) is 5.82 Å². The number of fused-ring (bicyclic) bond motifs is 1. The summed E-state index contributed by atoms with van der Waals surface area (Å²) < 4.78 is 40.5. The molecular formula is C19H20FN3O5S. The molecule has 1 aliphatic heterocycles. The van der Waals surface area contributed by atoms with E-state index in [9.17, 15) is 27.7 Å². The Bertz CT molecular complexity index is 1040. The number of hydrogen-bond acceptors (Lipinski definition) is 5. The Morgan fingerprint density at radius 3 is 2.62 bits per heavy atom. The molecule has 10 heteroatoms. The van der Waals surface area contributed by atoms with E-state index in [1.54, 1.807) is 11.0 Å². The maximum absolute atomic E-state index is 13.5. The predicted molar refractivity (Wildman–Crippen MR) is 103 cm³/mol. The number of nitro groups is 1. The molecule has 3 rings (SSSR count). The van der Waals surface area contributed by atoms with Crippen molar-refractivity contribution in [3.8, 4) is 0 Å². The van der Waals surface area contributed by atoms with E-state index in [2.05, 4.69) is 4.72 Å². The van der Waals surface area contributed by atoms with Gasteiger partial charge < -0.3 is 4.90 Å². The lowest BCUT2D eigenvalue weighted by Gasteiger charge is -2.35. The van der Waals surface area contributed by atoms with Crippen LogP contribution >= 0.6 is 0 Å². The van der Waals surface area contributed by atoms with E-state index in [-0.39, 0.29) is 41.3 Å². The number of nitrogens with one attached hydrogen (secondary N) is 1. The molecule has 29 heavy (non-hydrogen) atoms. The molecule has 8 nitrogen and oxygen atoms in total. The molecule has 0 bridgehead atoms. The van der Waals surface area contributed by atoms with Crippen molar-refractivity contribution in [2.24, 2.45) is 0 Å². The first kappa shape index (κ1) is 20.9. The molecule has 1 atom stereocenters. The predicted octanol–water partition coefficient (Wildman–Crippen LogP) is 2.55. The quantitative estimate of drug-likeness (QED) is 0.569. The molecule has 1 unspecified atom stereocenters. The highest BCUT2D eigenvalue weighted by atomic mass is 32.2. The van der Waals surface area contributed by atoms with Crippen LogP contribution < -0.4 is 4.72 Å². The van der Waals surface area contributed by atoms with E-state index in [1.807, 2.05) is 6.92 Å². The average Bonchev–Trinajstić information content (AvgIpc) is 2.68. The van der Waals surface area contributed by atoms with E-state index in [0.29, 0.717) is 13.0 Å². The Morgan fingerprint density at radius 2 is 1.97 bits per heavy atom. The van der Waals surface area contributed by atoms with Gasteiger partial charge in [0.2, 0.25) is 15.9 Å². The van der Waals surface area contributed by atoms with Gasteiger partial charge in [0.25, 0.3) is 5.69 Å². The summed E-state index contributed by atoms with van der Waals surface area (Å²) in [4.78, 5) is 24.1. The van der Waals surface area contributed by atoms with Crippen molar-refractivity contribution in [3.05, 3.63) is 69.5 Å². The van der Waals surface area contributed by atoms with Crippen LogP contribution in [0.2, 0.25) is 0 Å². The van der Waals surface area contributed by atoms with Crippen molar-refractivity contribution in [1.82, 2.24) is 9.62 Å². The van der Waals surface area contributed by atoms with Crippen LogP contribution in [-0.4, -0.2) is 37.2 Å². The molecule has 2 aromatic carbocycles. The van der Waals surface area contributed by atoms with Crippen molar-refractivity contribution >= 4 is 21.6 Å². The summed E-state index contributed by atoms with van der Waals surface area (Å²) in [5.41, 5.74) is 1.55. The number of nitrogens with zero attached hydrogens (tertiary/aromatic N) is 2. The maximum atomic E-state index is 13.5. The van der Waals surface area contributed by atoms with Gasteiger partial charge in [-0.2, -0.15) is 0 Å². The number of hydrogen-bond donors (Lipinski definition) is 1. The third-order valence-electron chi connectivity index (χ3n) is 4.96. The summed E-state index contributed by atoms with van der Waals surface area (Å²) in [6, 6.07) is 8.74. The number of non-ortho nitro benzene ring substituents is 1. The van der Waals surface area contributed by atoms with Crippen molar-refractivity contribution in [1.29, 1.82) is 0 Å². The Labute approximate surface area is 167 Å². The Hall–Kier alpha value is -2.85. The topological polar surface area (TPSA) is 110 Å². The first-order valence-corrected chi connectivity index (χ1v) is 10.5. The van der Waals surface area contributed by atoms with Gasteiger partial charge in [-0.1, -0.05) is 6.07 Å². The lowest BCUT2D eigenvalue weighted by Crippen LogP contribution is -2.40. The summed E-state index contributed by atoms with van der Waals surface area (Å²) in [5, 5.41) is 10.7. The summed E-state index contributed by atoms with van der Waals surface area (Å²) in [6.45, 7) is 2.18. The Kier molecular flexibility index (Phi) is 5.94. The van der Waals surface area contributed by atoms with Crippen LogP contribution in [0.3, 0.4) is 0 Å². The molecule has 154 valence electrons. The van der Waals surface area contributed by atoms with Crippen LogP contribution in [0.15, 0.2) is 47.4 Å². The largest absolute Gasteiger partial charge is 0.336 e. The van der Waals surface area contributed by atoms with Crippen LogP contribution in [0.25, 0.3) is 0 Å². The second-order valence-corrected chi connectivity index (χ2v) is 8.52. The first-order chi connectivity index (χ1) is 13.7. The van der Waals surface area contributed by atoms with Gasteiger partial charge in [0, 0.05) is 31.6 Å². The lowest BCUT2D eigenvalue weighted by molar-refractivity contribution is -0.384. The zero-order chi connectivity index (χ0) is 21.2. The maximum Gasteiger partial charge on any atom is 0.269 e. The molecule has 0 radical (unpaired) electrons. The number of amides is 1. The highest BCUT2D eigenvalue weighted by Crippen LogP contribution is 2.30. The van der Waals surface area contributed by atoms with Gasteiger partial charge in [-0.15, -0.1) is 0 Å². The number of rotatable bonds is 6. The van der Waals surface area contributed by atoms with Crippen LogP contribution in [0.1, 0.15) is 30.5 Å². The van der Waals surface area contributed by atoms with Gasteiger partial charge in [-0.05, 0) is 48.7 Å². The number of halogens is 1. The second-order valence-electron chi connectivity index (χ2n) is 6.76. The first-order valence-electron chi connectivity index (χ1n) is 9.01. The second kappa shape index (κ2) is 8.26. The van der Waals surface area contributed by atoms with Gasteiger partial charge in [0.05, 0.1) is 15.9 Å². The number of benzene rings is 2. The minimum Gasteiger partial charge on any atom is -0.336 e. The van der Waals surface area contributed by atoms with Crippen LogP contribution in [0.4, 0.5) is 10.1 Å². The standard InChI is InChI=1S/C19H20FN3O5S/c1-13-18-12-15(20)3-2-14(18)9-11-22(13)19(24)8-10-21-29(27,28)17-6-4-16(5-7-17)23(25)26/h2-7,12-13,21H,8-11H2,1H3. The SMILES string of the molecule is CC1c2cc(F)ccc2CCN1C(=O)CCNS(=O)(=O)c1ccc([N+](=O)[O-])cc1. The molecule has 1 N–H and O–H groups in total. The molecule has 0 aromatic heterocycles. The summed E-state index contributed by atoms with van der Waals surface area (Å²) in [6.07, 6.45) is 0.557. The van der Waals surface area contributed by atoms with E-state index < -0.39 is 14.9 Å². The number of carbonyl (C=O) groups is 1. The zero-order valence-corrected chi connectivity index (χ0v) is 16.5. The zero-order valence-electron chi connectivity index (χ0n) is 15.7. The summed E-state index contributed by atoms with van der Waals surface area (Å²) in [5.74, 6) is -0.598. The summed E-state index contributed by atoms with van der Waals surface area (Å²) >= 11 is 0. The molecule has 0 fully saturated rings. The molecule has 2 aromatic rings. The Morgan fingerprint density at radius 1 is 1.28 bits per heavy atom. The van der Waals surface area contributed by atoms with E-state index in [0.717, 1.165) is 35.4 Å². The van der Waals surface area contributed by atoms with Gasteiger partial charge in [-0.3, -0.25) is 14.9 Å². The molecule has 0 saturated heterocycles. The van der Waals surface area contributed by atoms with E-state index >= 15 is 0 Å². The molecule has 1 heterocycles. The molecule has 1 aliphatic rings. The fraction of sp³-hybridized carbons (Fsp3) is 0.316. The number of carbonyl (C=O) groups excluding carboxylic acids is 1. The molecule has 0 saturated carbocycles. The monoisotopic (exact) mass is 421 g/mol. The van der Waals surface area contributed by atoms with Gasteiger partial charge >= 0.3 is 0 Å². The third kappa shape index (κ3) is 4.60. The van der Waals surface area contributed by atoms with Crippen LogP contribution in [0, 0.1) is 15.9 Å².